The molecule has 0 aliphatic heterocycles. The normalized spacial score (nSPS) is 10.9. The van der Waals surface area contributed by atoms with Crippen molar-refractivity contribution in [3.63, 3.8) is 0 Å². The molecule has 8 heteroatoms. The van der Waals surface area contributed by atoms with Crippen molar-refractivity contribution in [2.75, 3.05) is 10.6 Å². The van der Waals surface area contributed by atoms with E-state index in [4.69, 9.17) is 12.2 Å². The van der Waals surface area contributed by atoms with Crippen LogP contribution in [0.25, 0.3) is 22.4 Å². The van der Waals surface area contributed by atoms with Crippen molar-refractivity contribution in [1.29, 1.82) is 0 Å². The molecule has 1 heterocycles. The van der Waals surface area contributed by atoms with E-state index in [2.05, 4.69) is 25.3 Å². The zero-order valence-electron chi connectivity index (χ0n) is 15.0. The lowest BCUT2D eigenvalue weighted by Crippen LogP contribution is -2.18. The summed E-state index contributed by atoms with van der Waals surface area (Å²) in [4.78, 5) is 7.88. The number of nitrogens with one attached hydrogen (secondary N) is 3. The minimum atomic E-state index is -2.85. The molecule has 3 aromatic carbocycles. The fourth-order valence-corrected chi connectivity index (χ4v) is 3.05. The van der Waals surface area contributed by atoms with Gasteiger partial charge < -0.3 is 20.4 Å². The first-order valence-corrected chi connectivity index (χ1v) is 9.16. The van der Waals surface area contributed by atoms with Gasteiger partial charge in [-0.05, 0) is 72.9 Å². The van der Waals surface area contributed by atoms with E-state index in [0.717, 1.165) is 28.1 Å². The topological polar surface area (TPSA) is 62.0 Å². The number of fused-ring (bicyclic) bond motifs is 1. The van der Waals surface area contributed by atoms with E-state index in [1.165, 1.54) is 12.1 Å². The lowest BCUT2D eigenvalue weighted by molar-refractivity contribution is -0.0498. The van der Waals surface area contributed by atoms with Gasteiger partial charge in [-0.25, -0.2) is 4.98 Å². The van der Waals surface area contributed by atoms with Gasteiger partial charge in [0.1, 0.15) is 11.6 Å². The van der Waals surface area contributed by atoms with Crippen molar-refractivity contribution in [3.05, 3.63) is 72.8 Å². The Hall–Kier alpha value is -3.52. The third-order valence-electron chi connectivity index (χ3n) is 4.14. The van der Waals surface area contributed by atoms with Crippen LogP contribution in [0.5, 0.6) is 5.75 Å². The third kappa shape index (κ3) is 4.67. The van der Waals surface area contributed by atoms with Crippen LogP contribution in [0.4, 0.5) is 20.2 Å². The fourth-order valence-electron chi connectivity index (χ4n) is 2.81. The second-order valence-electron chi connectivity index (χ2n) is 6.16. The first kappa shape index (κ1) is 18.8. The van der Waals surface area contributed by atoms with E-state index in [-0.39, 0.29) is 5.75 Å². The number of rotatable bonds is 5. The number of aromatic nitrogens is 2. The van der Waals surface area contributed by atoms with Gasteiger partial charge >= 0.3 is 6.61 Å². The number of thiocarbonyl (C=S) groups is 1. The highest BCUT2D eigenvalue weighted by Gasteiger charge is 2.06. The maximum atomic E-state index is 12.2. The van der Waals surface area contributed by atoms with Crippen LogP contribution < -0.4 is 15.4 Å². The number of alkyl halides is 2. The van der Waals surface area contributed by atoms with Crippen LogP contribution >= 0.6 is 12.2 Å². The van der Waals surface area contributed by atoms with Crippen LogP contribution in [0.15, 0.2) is 72.8 Å². The maximum Gasteiger partial charge on any atom is 0.387 e. The average molecular weight is 410 g/mol. The molecule has 0 saturated carbocycles. The second kappa shape index (κ2) is 8.24. The van der Waals surface area contributed by atoms with Crippen LogP contribution in [-0.2, 0) is 0 Å². The second-order valence-corrected chi connectivity index (χ2v) is 6.57. The molecule has 4 rings (SSSR count). The number of aromatic amines is 1. The van der Waals surface area contributed by atoms with Gasteiger partial charge in [-0.1, -0.05) is 12.1 Å². The molecule has 5 nitrogen and oxygen atoms in total. The standard InChI is InChI=1S/C21H16F2N4OS/c22-20(23)28-16-11-9-15(10-12-16)25-21(29)24-14-7-5-13(6-8-14)19-26-17-3-1-2-4-18(17)27-19/h1-12,20H,(H,26,27)(H2,24,25,29). The number of hydrogen-bond donors (Lipinski definition) is 3. The van der Waals surface area contributed by atoms with Crippen molar-refractivity contribution in [3.8, 4) is 17.1 Å². The molecule has 0 fully saturated rings. The number of anilines is 2. The van der Waals surface area contributed by atoms with Crippen molar-refractivity contribution in [2.45, 2.75) is 6.61 Å². The monoisotopic (exact) mass is 410 g/mol. The molecule has 146 valence electrons. The largest absolute Gasteiger partial charge is 0.435 e. The molecule has 0 saturated heterocycles. The summed E-state index contributed by atoms with van der Waals surface area (Å²) in [7, 11) is 0. The Bertz CT molecular complexity index is 1090. The number of para-hydroxylation sites is 2. The predicted molar refractivity (Wildman–Crippen MR) is 114 cm³/mol. The Kier molecular flexibility index (Phi) is 5.35. The number of nitrogens with zero attached hydrogens (tertiary/aromatic N) is 1. The molecule has 0 aliphatic carbocycles. The summed E-state index contributed by atoms with van der Waals surface area (Å²) >= 11 is 5.30. The highest BCUT2D eigenvalue weighted by atomic mass is 32.1. The number of ether oxygens (including phenoxy) is 1. The molecular weight excluding hydrogens is 394 g/mol. The number of halogens is 2. The SMILES string of the molecule is FC(F)Oc1ccc(NC(=S)Nc2ccc(-c3nc4ccccc4[nH]3)cc2)cc1. The summed E-state index contributed by atoms with van der Waals surface area (Å²) in [5.41, 5.74) is 4.32. The summed E-state index contributed by atoms with van der Waals surface area (Å²) in [6.07, 6.45) is 0. The summed E-state index contributed by atoms with van der Waals surface area (Å²) < 4.78 is 28.7. The molecule has 0 spiro atoms. The molecule has 1 aromatic heterocycles. The average Bonchev–Trinajstić information content (AvgIpc) is 3.14. The van der Waals surface area contributed by atoms with Gasteiger partial charge in [0.25, 0.3) is 0 Å². The molecule has 0 bridgehead atoms. The Morgan fingerprint density at radius 2 is 1.52 bits per heavy atom. The quantitative estimate of drug-likeness (QED) is 0.372. The van der Waals surface area contributed by atoms with Crippen molar-refractivity contribution < 1.29 is 13.5 Å². The number of H-pyrrole nitrogens is 1. The van der Waals surface area contributed by atoms with E-state index in [1.54, 1.807) is 12.1 Å². The van der Waals surface area contributed by atoms with E-state index in [0.29, 0.717) is 10.8 Å². The van der Waals surface area contributed by atoms with Gasteiger partial charge in [-0.3, -0.25) is 0 Å². The summed E-state index contributed by atoms with van der Waals surface area (Å²) in [5.74, 6) is 0.884. The highest BCUT2D eigenvalue weighted by molar-refractivity contribution is 7.80. The van der Waals surface area contributed by atoms with Gasteiger partial charge in [0.2, 0.25) is 0 Å². The first-order chi connectivity index (χ1) is 14.1. The Morgan fingerprint density at radius 3 is 2.14 bits per heavy atom. The van der Waals surface area contributed by atoms with Gasteiger partial charge in [0.05, 0.1) is 11.0 Å². The Labute approximate surface area is 170 Å². The van der Waals surface area contributed by atoms with Crippen molar-refractivity contribution >= 4 is 39.7 Å². The Balaban J connectivity index is 1.38. The van der Waals surface area contributed by atoms with Crippen LogP contribution in [-0.4, -0.2) is 21.7 Å². The minimum absolute atomic E-state index is 0.0885. The minimum Gasteiger partial charge on any atom is -0.435 e. The summed E-state index contributed by atoms with van der Waals surface area (Å²) in [6, 6.07) is 21.6. The third-order valence-corrected chi connectivity index (χ3v) is 4.35. The number of benzene rings is 3. The molecule has 0 atom stereocenters. The lowest BCUT2D eigenvalue weighted by atomic mass is 10.2. The lowest BCUT2D eigenvalue weighted by Gasteiger charge is -2.11. The van der Waals surface area contributed by atoms with Crippen LogP contribution in [0.2, 0.25) is 0 Å². The predicted octanol–water partition coefficient (Wildman–Crippen LogP) is 5.64. The molecule has 0 aliphatic rings. The zero-order valence-corrected chi connectivity index (χ0v) is 15.8. The first-order valence-electron chi connectivity index (χ1n) is 8.75. The van der Waals surface area contributed by atoms with Crippen LogP contribution in [0, 0.1) is 0 Å². The van der Waals surface area contributed by atoms with Gasteiger partial charge in [-0.15, -0.1) is 0 Å². The van der Waals surface area contributed by atoms with Gasteiger partial charge in [-0.2, -0.15) is 8.78 Å². The molecule has 0 radical (unpaired) electrons. The molecule has 4 aromatic rings. The zero-order chi connectivity index (χ0) is 20.2. The van der Waals surface area contributed by atoms with E-state index >= 15 is 0 Å². The highest BCUT2D eigenvalue weighted by Crippen LogP contribution is 2.22. The van der Waals surface area contributed by atoms with Crippen LogP contribution in [0.1, 0.15) is 0 Å². The van der Waals surface area contributed by atoms with E-state index < -0.39 is 6.61 Å². The van der Waals surface area contributed by atoms with E-state index in [1.807, 2.05) is 48.5 Å². The smallest absolute Gasteiger partial charge is 0.387 e. The summed E-state index contributed by atoms with van der Waals surface area (Å²) in [6.45, 7) is -2.85. The van der Waals surface area contributed by atoms with Crippen molar-refractivity contribution in [1.82, 2.24) is 9.97 Å². The summed E-state index contributed by atoms with van der Waals surface area (Å²) in [5, 5.41) is 6.45. The number of hydrogen-bond acceptors (Lipinski definition) is 3. The van der Waals surface area contributed by atoms with E-state index in [9.17, 15) is 8.78 Å². The Morgan fingerprint density at radius 1 is 0.897 bits per heavy atom. The molecule has 0 amide bonds. The van der Waals surface area contributed by atoms with Crippen molar-refractivity contribution in [2.24, 2.45) is 0 Å². The fraction of sp³-hybridized carbons (Fsp3) is 0.0476. The molecule has 0 unspecified atom stereocenters. The molecular formula is C21H16F2N4OS. The maximum absolute atomic E-state index is 12.2. The molecule has 3 N–H and O–H groups in total. The molecule has 29 heavy (non-hydrogen) atoms. The van der Waals surface area contributed by atoms with Gasteiger partial charge in [0, 0.05) is 16.9 Å². The number of imidazole rings is 1. The van der Waals surface area contributed by atoms with Crippen LogP contribution in [0.3, 0.4) is 0 Å². The van der Waals surface area contributed by atoms with Gasteiger partial charge in [0.15, 0.2) is 5.11 Å².